The van der Waals surface area contributed by atoms with Crippen LogP contribution < -0.4 is 5.32 Å². The van der Waals surface area contributed by atoms with Crippen LogP contribution in [0.5, 0.6) is 0 Å². The minimum absolute atomic E-state index is 0.00294. The van der Waals surface area contributed by atoms with Crippen molar-refractivity contribution in [2.24, 2.45) is 18.9 Å². The molecule has 1 aliphatic carbocycles. The number of aromatic nitrogens is 3. The molecule has 4 heterocycles. The van der Waals surface area contributed by atoms with E-state index in [0.29, 0.717) is 30.5 Å². The molecule has 7 heteroatoms. The van der Waals surface area contributed by atoms with Crippen molar-refractivity contribution in [3.63, 3.8) is 0 Å². The molecule has 2 aromatic rings. The number of rotatable bonds is 3. The van der Waals surface area contributed by atoms with Crippen LogP contribution in [-0.2, 0) is 23.1 Å². The number of carbonyl (C=O) groups is 2. The summed E-state index contributed by atoms with van der Waals surface area (Å²) < 4.78 is 2.05. The van der Waals surface area contributed by atoms with Gasteiger partial charge in [0.1, 0.15) is 11.6 Å². The van der Waals surface area contributed by atoms with Crippen LogP contribution in [0.4, 0.5) is 5.82 Å². The molecule has 0 spiro atoms. The zero-order valence-electron chi connectivity index (χ0n) is 16.3. The fourth-order valence-electron chi connectivity index (χ4n) is 4.57. The van der Waals surface area contributed by atoms with E-state index in [2.05, 4.69) is 25.9 Å². The van der Waals surface area contributed by atoms with Gasteiger partial charge in [0.05, 0.1) is 0 Å². The largest absolute Gasteiger partial charge is 0.338 e. The third-order valence-electron chi connectivity index (χ3n) is 6.09. The van der Waals surface area contributed by atoms with E-state index in [-0.39, 0.29) is 11.8 Å². The lowest BCUT2D eigenvalue weighted by Crippen LogP contribution is -2.27. The molecular formula is C22H23N5O2. The van der Waals surface area contributed by atoms with Gasteiger partial charge in [-0.2, -0.15) is 0 Å². The number of fused-ring (bicyclic) bond motifs is 2. The Morgan fingerprint density at radius 3 is 2.97 bits per heavy atom. The molecule has 0 aromatic carbocycles. The zero-order chi connectivity index (χ0) is 20.0. The molecule has 2 aromatic heterocycles. The Hall–Kier alpha value is -3.22. The number of amides is 2. The van der Waals surface area contributed by atoms with Gasteiger partial charge in [0.25, 0.3) is 0 Å². The summed E-state index contributed by atoms with van der Waals surface area (Å²) >= 11 is 0. The van der Waals surface area contributed by atoms with Crippen LogP contribution in [0.15, 0.2) is 36.8 Å². The molecule has 2 amide bonds. The van der Waals surface area contributed by atoms with Gasteiger partial charge in [-0.25, -0.2) is 9.97 Å². The lowest BCUT2D eigenvalue weighted by molar-refractivity contribution is -0.125. The number of imidazole rings is 1. The molecule has 29 heavy (non-hydrogen) atoms. The first kappa shape index (κ1) is 17.8. The van der Waals surface area contributed by atoms with E-state index >= 15 is 0 Å². The smallest absolute Gasteiger partial charge is 0.246 e. The summed E-state index contributed by atoms with van der Waals surface area (Å²) in [5.74, 6) is 2.60. The first-order valence-electron chi connectivity index (χ1n) is 10.0. The summed E-state index contributed by atoms with van der Waals surface area (Å²) in [6, 6.07) is 1.99. The van der Waals surface area contributed by atoms with Crippen molar-refractivity contribution < 1.29 is 9.59 Å². The van der Waals surface area contributed by atoms with E-state index in [4.69, 9.17) is 0 Å². The highest BCUT2D eigenvalue weighted by molar-refractivity contribution is 5.94. The molecule has 5 rings (SSSR count). The van der Waals surface area contributed by atoms with Crippen LogP contribution in [0.2, 0.25) is 0 Å². The Balaban J connectivity index is 1.23. The fourth-order valence-corrected chi connectivity index (χ4v) is 4.57. The molecule has 0 radical (unpaired) electrons. The average molecular weight is 389 g/mol. The highest BCUT2D eigenvalue weighted by Crippen LogP contribution is 2.40. The molecule has 1 N–H and O–H groups in total. The van der Waals surface area contributed by atoms with Crippen LogP contribution in [0.1, 0.15) is 29.8 Å². The minimum atomic E-state index is 0.00294. The normalized spacial score (nSPS) is 23.1. The van der Waals surface area contributed by atoms with Crippen molar-refractivity contribution >= 4 is 29.3 Å². The predicted octanol–water partition coefficient (Wildman–Crippen LogP) is 2.27. The first-order chi connectivity index (χ1) is 14.1. The van der Waals surface area contributed by atoms with Crippen molar-refractivity contribution in [3.05, 3.63) is 53.8 Å². The van der Waals surface area contributed by atoms with Crippen molar-refractivity contribution in [1.29, 1.82) is 0 Å². The maximum Gasteiger partial charge on any atom is 0.246 e. The zero-order valence-corrected chi connectivity index (χ0v) is 16.3. The molecular weight excluding hydrogens is 366 g/mol. The number of allylic oxidation sites excluding steroid dienone is 1. The number of likely N-dealkylation sites (tertiary alicyclic amines) is 1. The molecule has 2 atom stereocenters. The van der Waals surface area contributed by atoms with Crippen LogP contribution in [-0.4, -0.2) is 44.3 Å². The van der Waals surface area contributed by atoms with Crippen LogP contribution >= 0.6 is 0 Å². The number of nitrogens with zero attached hydrogens (tertiary/aromatic N) is 4. The number of carbonyl (C=O) groups excluding carboxylic acids is 2. The Morgan fingerprint density at radius 1 is 1.28 bits per heavy atom. The van der Waals surface area contributed by atoms with Gasteiger partial charge in [0, 0.05) is 51.2 Å². The van der Waals surface area contributed by atoms with Crippen LogP contribution in [0.3, 0.4) is 0 Å². The van der Waals surface area contributed by atoms with Gasteiger partial charge in [-0.15, -0.1) is 0 Å². The SMILES string of the molecule is Cn1ccnc1C1=CC2CN(C(=O)/C=C/c3cnc4c(c3)CCC(=O)N4)CC2C1. The second-order valence-corrected chi connectivity index (χ2v) is 8.08. The average Bonchev–Trinajstić information content (AvgIpc) is 3.40. The lowest BCUT2D eigenvalue weighted by Gasteiger charge is -2.16. The predicted molar refractivity (Wildman–Crippen MR) is 110 cm³/mol. The van der Waals surface area contributed by atoms with E-state index in [1.165, 1.54) is 5.57 Å². The summed E-state index contributed by atoms with van der Waals surface area (Å²) in [7, 11) is 2.02. The molecule has 0 bridgehead atoms. The Bertz CT molecular complexity index is 1050. The second kappa shape index (κ2) is 6.99. The number of nitrogens with one attached hydrogen (secondary N) is 1. The van der Waals surface area contributed by atoms with Gasteiger partial charge in [-0.3, -0.25) is 9.59 Å². The summed E-state index contributed by atoms with van der Waals surface area (Å²) in [5.41, 5.74) is 3.19. The second-order valence-electron chi connectivity index (χ2n) is 8.08. The number of anilines is 1. The summed E-state index contributed by atoms with van der Waals surface area (Å²) in [6.07, 6.45) is 13.4. The number of hydrogen-bond acceptors (Lipinski definition) is 4. The van der Waals surface area contributed by atoms with Crippen molar-refractivity contribution in [3.8, 4) is 0 Å². The van der Waals surface area contributed by atoms with Gasteiger partial charge >= 0.3 is 0 Å². The van der Waals surface area contributed by atoms with E-state index in [0.717, 1.165) is 36.5 Å². The van der Waals surface area contributed by atoms with Gasteiger partial charge in [0.2, 0.25) is 11.8 Å². The number of pyridine rings is 1. The van der Waals surface area contributed by atoms with Crippen LogP contribution in [0.25, 0.3) is 11.6 Å². The topological polar surface area (TPSA) is 80.1 Å². The monoisotopic (exact) mass is 389 g/mol. The van der Waals surface area contributed by atoms with E-state index < -0.39 is 0 Å². The van der Waals surface area contributed by atoms with Crippen molar-refractivity contribution in [2.75, 3.05) is 18.4 Å². The summed E-state index contributed by atoms with van der Waals surface area (Å²) in [6.45, 7) is 1.54. The van der Waals surface area contributed by atoms with Gasteiger partial charge in [0.15, 0.2) is 0 Å². The summed E-state index contributed by atoms with van der Waals surface area (Å²) in [4.78, 5) is 34.8. The lowest BCUT2D eigenvalue weighted by atomic mass is 10.00. The molecule has 148 valence electrons. The van der Waals surface area contributed by atoms with Gasteiger partial charge in [-0.1, -0.05) is 6.08 Å². The Labute approximate surface area is 169 Å². The molecule has 0 saturated carbocycles. The van der Waals surface area contributed by atoms with E-state index in [1.807, 2.05) is 36.5 Å². The fraction of sp³-hybridized carbons (Fsp3) is 0.364. The maximum absolute atomic E-state index is 12.7. The van der Waals surface area contributed by atoms with E-state index in [1.54, 1.807) is 12.3 Å². The summed E-state index contributed by atoms with van der Waals surface area (Å²) in [5, 5.41) is 2.78. The minimum Gasteiger partial charge on any atom is -0.338 e. The van der Waals surface area contributed by atoms with Crippen LogP contribution in [0, 0.1) is 11.8 Å². The third-order valence-corrected chi connectivity index (χ3v) is 6.09. The molecule has 2 unspecified atom stereocenters. The Kier molecular flexibility index (Phi) is 4.30. The number of aryl methyl sites for hydroxylation is 2. The molecule has 1 saturated heterocycles. The van der Waals surface area contributed by atoms with Crippen molar-refractivity contribution in [2.45, 2.75) is 19.3 Å². The quantitative estimate of drug-likeness (QED) is 0.817. The highest BCUT2D eigenvalue weighted by Gasteiger charge is 2.38. The maximum atomic E-state index is 12.7. The standard InChI is InChI=1S/C22H23N5O2/c1-26-7-6-23-22(26)16-9-17-12-27(13-18(17)10-16)20(29)5-2-14-8-15-3-4-19(28)25-21(15)24-11-14/h2,5-9,11,17-18H,3-4,10,12-13H2,1H3,(H,24,25,28)/b5-2+. The molecule has 7 nitrogen and oxygen atoms in total. The third kappa shape index (κ3) is 3.37. The van der Waals surface area contributed by atoms with E-state index in [9.17, 15) is 9.59 Å². The van der Waals surface area contributed by atoms with Gasteiger partial charge in [-0.05, 0) is 53.5 Å². The molecule has 2 aliphatic heterocycles. The highest BCUT2D eigenvalue weighted by atomic mass is 16.2. The van der Waals surface area contributed by atoms with Gasteiger partial charge < -0.3 is 14.8 Å². The molecule has 3 aliphatic rings. The molecule has 1 fully saturated rings. The van der Waals surface area contributed by atoms with Crippen molar-refractivity contribution in [1.82, 2.24) is 19.4 Å². The Morgan fingerprint density at radius 2 is 2.17 bits per heavy atom. The first-order valence-corrected chi connectivity index (χ1v) is 10.0. The number of hydrogen-bond donors (Lipinski definition) is 1.